The molecule has 62 valence electrons. The Bertz CT molecular complexity index is 34.2. The predicted molar refractivity (Wildman–Crippen MR) is 35.4 cm³/mol. The molecule has 0 atom stereocenters. The van der Waals surface area contributed by atoms with Crippen molar-refractivity contribution in [2.75, 3.05) is 13.2 Å². The maximum atomic E-state index is 8.25. The summed E-state index contributed by atoms with van der Waals surface area (Å²) in [7, 11) is 0. The van der Waals surface area contributed by atoms with Crippen molar-refractivity contribution in [2.45, 2.75) is 26.7 Å². The van der Waals surface area contributed by atoms with E-state index in [-0.39, 0.29) is 6.61 Å². The number of rotatable bonds is 2. The Kier molecular flexibility index (Phi) is 57.4. The van der Waals surface area contributed by atoms with Crippen LogP contribution in [0, 0.1) is 0 Å². The molecule has 3 nitrogen and oxygen atoms in total. The van der Waals surface area contributed by atoms with Gasteiger partial charge in [-0.25, -0.2) is 0 Å². The molecule has 0 rings (SSSR count). The molecule has 0 amide bonds. The van der Waals surface area contributed by atoms with Crippen LogP contribution in [-0.2, 0) is 23.7 Å². The van der Waals surface area contributed by atoms with E-state index in [2.05, 4.69) is 6.92 Å². The molecule has 0 aliphatic carbocycles. The SMILES string of the molecule is CCCCO.CCO.[O]=[Ti]. The van der Waals surface area contributed by atoms with E-state index in [1.807, 2.05) is 0 Å². The minimum atomic E-state index is 0.250. The number of unbranched alkanes of at least 4 members (excludes halogenated alkanes) is 1. The van der Waals surface area contributed by atoms with Crippen LogP contribution in [0.1, 0.15) is 26.7 Å². The Morgan fingerprint density at radius 3 is 1.50 bits per heavy atom. The summed E-state index contributed by atoms with van der Waals surface area (Å²) in [5.41, 5.74) is 0. The van der Waals surface area contributed by atoms with Gasteiger partial charge in [0.2, 0.25) is 0 Å². The fraction of sp³-hybridized carbons (Fsp3) is 1.00. The van der Waals surface area contributed by atoms with Crippen LogP contribution in [0.5, 0.6) is 0 Å². The summed E-state index contributed by atoms with van der Waals surface area (Å²) in [6.07, 6.45) is 2.04. The summed E-state index contributed by atoms with van der Waals surface area (Å²) < 4.78 is 8.25. The zero-order chi connectivity index (χ0) is 8.83. The third-order valence-electron chi connectivity index (χ3n) is 0.512. The summed E-state index contributed by atoms with van der Waals surface area (Å²) in [4.78, 5) is 0. The van der Waals surface area contributed by atoms with Crippen molar-refractivity contribution in [3.8, 4) is 0 Å². The first kappa shape index (κ1) is 16.8. The molecule has 0 aliphatic heterocycles. The van der Waals surface area contributed by atoms with Crippen molar-refractivity contribution in [3.05, 3.63) is 0 Å². The molecule has 4 heteroatoms. The van der Waals surface area contributed by atoms with Gasteiger partial charge in [-0.2, -0.15) is 0 Å². The molecule has 0 radical (unpaired) electrons. The van der Waals surface area contributed by atoms with Gasteiger partial charge in [-0.1, -0.05) is 13.3 Å². The van der Waals surface area contributed by atoms with Gasteiger partial charge in [0.15, 0.2) is 0 Å². The Balaban J connectivity index is -0.0000000847. The summed E-state index contributed by atoms with van der Waals surface area (Å²) >= 11 is 0.750. The maximum absolute atomic E-state index is 8.25. The van der Waals surface area contributed by atoms with Crippen LogP contribution in [0.15, 0.2) is 0 Å². The van der Waals surface area contributed by atoms with E-state index in [1.54, 1.807) is 6.92 Å². The van der Waals surface area contributed by atoms with Crippen molar-refractivity contribution in [2.24, 2.45) is 0 Å². The van der Waals surface area contributed by atoms with Crippen molar-refractivity contribution < 1.29 is 33.9 Å². The summed E-state index contributed by atoms with van der Waals surface area (Å²) in [6.45, 7) is 4.33. The van der Waals surface area contributed by atoms with E-state index in [9.17, 15) is 0 Å². The minimum absolute atomic E-state index is 0.250. The van der Waals surface area contributed by atoms with E-state index in [0.29, 0.717) is 6.61 Å². The second-order valence-corrected chi connectivity index (χ2v) is 1.39. The van der Waals surface area contributed by atoms with Crippen molar-refractivity contribution in [1.82, 2.24) is 0 Å². The third kappa shape index (κ3) is 78.7. The quantitative estimate of drug-likeness (QED) is 0.619. The first-order chi connectivity index (χ1) is 4.83. The number of aliphatic hydroxyl groups excluding tert-OH is 2. The average Bonchev–Trinajstić information content (AvgIpc) is 1.96. The molecule has 0 bridgehead atoms. The van der Waals surface area contributed by atoms with Gasteiger partial charge in [-0.05, 0) is 13.3 Å². The van der Waals surface area contributed by atoms with Gasteiger partial charge in [0, 0.05) is 13.2 Å². The molecule has 2 N–H and O–H groups in total. The van der Waals surface area contributed by atoms with Crippen LogP contribution in [0.3, 0.4) is 0 Å². The predicted octanol–water partition coefficient (Wildman–Crippen LogP) is 0.656. The first-order valence-corrected chi connectivity index (χ1v) is 3.89. The molecule has 0 saturated heterocycles. The molecule has 0 unspecified atom stereocenters. The Morgan fingerprint density at radius 1 is 1.20 bits per heavy atom. The second kappa shape index (κ2) is 34.1. The molecule has 0 fully saturated rings. The summed E-state index contributed by atoms with van der Waals surface area (Å²) in [6, 6.07) is 0. The van der Waals surface area contributed by atoms with Crippen LogP contribution in [0.2, 0.25) is 0 Å². The molecule has 0 saturated carbocycles. The van der Waals surface area contributed by atoms with Crippen LogP contribution >= 0.6 is 0 Å². The van der Waals surface area contributed by atoms with Gasteiger partial charge in [-0.15, -0.1) is 0 Å². The zero-order valence-electron chi connectivity index (χ0n) is 6.63. The van der Waals surface area contributed by atoms with E-state index in [0.717, 1.165) is 33.2 Å². The van der Waals surface area contributed by atoms with Crippen LogP contribution in [0.25, 0.3) is 0 Å². The molecule has 0 aliphatic rings. The van der Waals surface area contributed by atoms with Crippen molar-refractivity contribution >= 4 is 0 Å². The van der Waals surface area contributed by atoms with Gasteiger partial charge in [0.1, 0.15) is 0 Å². The normalized spacial score (nSPS) is 6.30. The Hall–Kier alpha value is 0.434. The first-order valence-electron chi connectivity index (χ1n) is 3.25. The summed E-state index contributed by atoms with van der Waals surface area (Å²) in [5, 5.41) is 15.6. The topological polar surface area (TPSA) is 57.5 Å². The average molecular weight is 184 g/mol. The number of aliphatic hydroxyl groups is 2. The van der Waals surface area contributed by atoms with Crippen LogP contribution in [-0.4, -0.2) is 23.4 Å². The molecule has 0 aromatic carbocycles. The van der Waals surface area contributed by atoms with Gasteiger partial charge < -0.3 is 10.2 Å². The monoisotopic (exact) mass is 184 g/mol. The summed E-state index contributed by atoms with van der Waals surface area (Å²) in [5.74, 6) is 0. The van der Waals surface area contributed by atoms with Crippen molar-refractivity contribution in [1.29, 1.82) is 0 Å². The third-order valence-corrected chi connectivity index (χ3v) is 0.512. The van der Waals surface area contributed by atoms with E-state index < -0.39 is 0 Å². The van der Waals surface area contributed by atoms with Gasteiger partial charge in [0.25, 0.3) is 0 Å². The Morgan fingerprint density at radius 2 is 1.50 bits per heavy atom. The molecule has 10 heavy (non-hydrogen) atoms. The zero-order valence-corrected chi connectivity index (χ0v) is 8.19. The van der Waals surface area contributed by atoms with E-state index >= 15 is 0 Å². The Labute approximate surface area is 74.2 Å². The fourth-order valence-electron chi connectivity index (χ4n) is 0.158. The number of hydrogen-bond acceptors (Lipinski definition) is 3. The molecule has 0 heterocycles. The van der Waals surface area contributed by atoms with Gasteiger partial charge >= 0.3 is 23.7 Å². The molecular weight excluding hydrogens is 168 g/mol. The van der Waals surface area contributed by atoms with E-state index in [4.69, 9.17) is 13.5 Å². The van der Waals surface area contributed by atoms with Gasteiger partial charge in [0.05, 0.1) is 0 Å². The van der Waals surface area contributed by atoms with E-state index in [1.165, 1.54) is 0 Å². The number of hydrogen-bond donors (Lipinski definition) is 2. The van der Waals surface area contributed by atoms with Crippen molar-refractivity contribution in [3.63, 3.8) is 0 Å². The molecule has 0 spiro atoms. The molecular formula is C6H16O3Ti. The van der Waals surface area contributed by atoms with Crippen LogP contribution < -0.4 is 0 Å². The van der Waals surface area contributed by atoms with Gasteiger partial charge in [-0.3, -0.25) is 0 Å². The second-order valence-electron chi connectivity index (χ2n) is 1.39. The fourth-order valence-corrected chi connectivity index (χ4v) is 0.158. The molecule has 0 aromatic heterocycles. The standard InChI is InChI=1S/C4H10O.C2H6O.O.Ti/c1-2-3-4-5;1-2-3;;/h5H,2-4H2,1H3;3H,2H2,1H3;;. The van der Waals surface area contributed by atoms with Crippen LogP contribution in [0.4, 0.5) is 0 Å². The molecule has 0 aromatic rings.